The van der Waals surface area contributed by atoms with Crippen LogP contribution in [0.2, 0.25) is 0 Å². The largest absolute Gasteiger partial charge is 0.416 e. The van der Waals surface area contributed by atoms with E-state index in [0.29, 0.717) is 5.52 Å². The van der Waals surface area contributed by atoms with Gasteiger partial charge in [0, 0.05) is 0 Å². The van der Waals surface area contributed by atoms with Gasteiger partial charge in [0.15, 0.2) is 0 Å². The molecule has 1 fully saturated rings. The fourth-order valence-electron chi connectivity index (χ4n) is 2.50. The minimum Gasteiger partial charge on any atom is -0.305 e. The monoisotopic (exact) mass is 271 g/mol. The number of aromatic amines is 1. The Balaban J connectivity index is 2.15. The molecule has 2 aromatic rings. The molecule has 0 bridgehead atoms. The summed E-state index contributed by atoms with van der Waals surface area (Å²) in [6.45, 7) is 0.810. The molecule has 1 aromatic carbocycles. The first kappa shape index (κ1) is 12.3. The lowest BCUT2D eigenvalue weighted by Crippen LogP contribution is -2.28. The van der Waals surface area contributed by atoms with Gasteiger partial charge in [0.1, 0.15) is 0 Å². The third kappa shape index (κ3) is 2.03. The number of nitrogens with one attached hydrogen (secondary N) is 2. The molecule has 19 heavy (non-hydrogen) atoms. The van der Waals surface area contributed by atoms with E-state index in [-0.39, 0.29) is 17.4 Å². The standard InChI is InChI=1S/C12H12F3N3O/c13-12(14,15)7-3-4-9-8(6-7)17-11(19)18(9)10-2-1-5-16-10/h3-4,6,10,16H,1-2,5H2,(H,17,19). The summed E-state index contributed by atoms with van der Waals surface area (Å²) in [5.74, 6) is 0. The summed E-state index contributed by atoms with van der Waals surface area (Å²) in [5, 5.41) is 3.16. The van der Waals surface area contributed by atoms with Gasteiger partial charge in [-0.05, 0) is 37.6 Å². The third-order valence-corrected chi connectivity index (χ3v) is 3.39. The molecule has 1 aliphatic rings. The number of rotatable bonds is 1. The Morgan fingerprint density at radius 1 is 1.32 bits per heavy atom. The van der Waals surface area contributed by atoms with Crippen molar-refractivity contribution in [3.8, 4) is 0 Å². The summed E-state index contributed by atoms with van der Waals surface area (Å²) in [6.07, 6.45) is -2.80. The van der Waals surface area contributed by atoms with Gasteiger partial charge in [0.2, 0.25) is 0 Å². The number of fused-ring (bicyclic) bond motifs is 1. The predicted octanol–water partition coefficient (Wildman–Crippen LogP) is 2.23. The Morgan fingerprint density at radius 2 is 2.11 bits per heavy atom. The van der Waals surface area contributed by atoms with E-state index in [4.69, 9.17) is 0 Å². The normalized spacial score (nSPS) is 20.3. The molecule has 1 atom stereocenters. The lowest BCUT2D eigenvalue weighted by molar-refractivity contribution is -0.137. The number of hydrogen-bond donors (Lipinski definition) is 2. The van der Waals surface area contributed by atoms with Crippen molar-refractivity contribution < 1.29 is 13.2 Å². The van der Waals surface area contributed by atoms with Gasteiger partial charge in [-0.15, -0.1) is 0 Å². The van der Waals surface area contributed by atoms with Crippen molar-refractivity contribution in [3.05, 3.63) is 34.2 Å². The number of benzene rings is 1. The van der Waals surface area contributed by atoms with Gasteiger partial charge in [-0.3, -0.25) is 9.88 Å². The fraction of sp³-hybridized carbons (Fsp3) is 0.417. The van der Waals surface area contributed by atoms with Crippen molar-refractivity contribution in [3.63, 3.8) is 0 Å². The minimum absolute atomic E-state index is 0.141. The summed E-state index contributed by atoms with van der Waals surface area (Å²) in [7, 11) is 0. The van der Waals surface area contributed by atoms with E-state index in [1.54, 1.807) is 0 Å². The maximum absolute atomic E-state index is 12.6. The summed E-state index contributed by atoms with van der Waals surface area (Å²) in [4.78, 5) is 14.4. The number of hydrogen-bond acceptors (Lipinski definition) is 2. The van der Waals surface area contributed by atoms with E-state index in [1.165, 1.54) is 10.6 Å². The lowest BCUT2D eigenvalue weighted by atomic mass is 10.2. The first-order chi connectivity index (χ1) is 8.97. The van der Waals surface area contributed by atoms with Crippen LogP contribution in [-0.4, -0.2) is 16.1 Å². The van der Waals surface area contributed by atoms with Crippen LogP contribution >= 0.6 is 0 Å². The highest BCUT2D eigenvalue weighted by Gasteiger charge is 2.31. The van der Waals surface area contributed by atoms with Crippen molar-refractivity contribution in [2.75, 3.05) is 6.54 Å². The number of aromatic nitrogens is 2. The van der Waals surface area contributed by atoms with Gasteiger partial charge >= 0.3 is 11.9 Å². The Hall–Kier alpha value is -1.76. The van der Waals surface area contributed by atoms with Crippen molar-refractivity contribution >= 4 is 11.0 Å². The number of H-pyrrole nitrogens is 1. The molecule has 0 spiro atoms. The van der Waals surface area contributed by atoms with E-state index in [0.717, 1.165) is 31.5 Å². The molecule has 7 heteroatoms. The SMILES string of the molecule is O=c1[nH]c2cc(C(F)(F)F)ccc2n1C1CCCN1. The quantitative estimate of drug-likeness (QED) is 0.835. The molecule has 1 saturated heterocycles. The summed E-state index contributed by atoms with van der Waals surface area (Å²) in [5.41, 5.74) is -0.424. The third-order valence-electron chi connectivity index (χ3n) is 3.39. The summed E-state index contributed by atoms with van der Waals surface area (Å²) in [6, 6.07) is 3.32. The number of halogens is 3. The van der Waals surface area contributed by atoms with Gasteiger partial charge in [-0.1, -0.05) is 0 Å². The van der Waals surface area contributed by atoms with Crippen LogP contribution in [0.1, 0.15) is 24.6 Å². The Kier molecular flexibility index (Phi) is 2.67. The number of imidazole rings is 1. The highest BCUT2D eigenvalue weighted by atomic mass is 19.4. The lowest BCUT2D eigenvalue weighted by Gasteiger charge is -2.12. The van der Waals surface area contributed by atoms with Crippen molar-refractivity contribution in [1.29, 1.82) is 0 Å². The van der Waals surface area contributed by atoms with Crippen LogP contribution in [0.25, 0.3) is 11.0 Å². The van der Waals surface area contributed by atoms with Gasteiger partial charge in [-0.25, -0.2) is 4.79 Å². The maximum atomic E-state index is 12.6. The molecule has 1 aromatic heterocycles. The highest BCUT2D eigenvalue weighted by molar-refractivity contribution is 5.76. The minimum atomic E-state index is -4.40. The van der Waals surface area contributed by atoms with Crippen LogP contribution in [0.3, 0.4) is 0 Å². The van der Waals surface area contributed by atoms with E-state index in [9.17, 15) is 18.0 Å². The van der Waals surface area contributed by atoms with E-state index >= 15 is 0 Å². The predicted molar refractivity (Wildman–Crippen MR) is 63.8 cm³/mol. The number of nitrogens with zero attached hydrogens (tertiary/aromatic N) is 1. The topological polar surface area (TPSA) is 49.8 Å². The second kappa shape index (κ2) is 4.12. The smallest absolute Gasteiger partial charge is 0.305 e. The molecular weight excluding hydrogens is 259 g/mol. The zero-order valence-corrected chi connectivity index (χ0v) is 9.92. The van der Waals surface area contributed by atoms with Gasteiger partial charge in [0.25, 0.3) is 0 Å². The Bertz CT molecular complexity index is 665. The maximum Gasteiger partial charge on any atom is 0.416 e. The average Bonchev–Trinajstić information content (AvgIpc) is 2.92. The van der Waals surface area contributed by atoms with Gasteiger partial charge in [0.05, 0.1) is 22.8 Å². The van der Waals surface area contributed by atoms with Crippen LogP contribution < -0.4 is 11.0 Å². The van der Waals surface area contributed by atoms with Crippen molar-refractivity contribution in [2.45, 2.75) is 25.2 Å². The molecule has 2 N–H and O–H groups in total. The molecule has 2 heterocycles. The molecule has 3 rings (SSSR count). The van der Waals surface area contributed by atoms with Crippen LogP contribution in [0.5, 0.6) is 0 Å². The molecule has 1 aliphatic heterocycles. The average molecular weight is 271 g/mol. The molecule has 0 amide bonds. The molecular formula is C12H12F3N3O. The zero-order valence-electron chi connectivity index (χ0n) is 9.92. The fourth-order valence-corrected chi connectivity index (χ4v) is 2.50. The molecule has 0 radical (unpaired) electrons. The molecule has 1 unspecified atom stereocenters. The molecule has 4 nitrogen and oxygen atoms in total. The van der Waals surface area contributed by atoms with Crippen LogP contribution in [0, 0.1) is 0 Å². The number of alkyl halides is 3. The van der Waals surface area contributed by atoms with E-state index in [2.05, 4.69) is 10.3 Å². The Labute approximate surface area is 106 Å². The second-order valence-corrected chi connectivity index (χ2v) is 4.64. The van der Waals surface area contributed by atoms with Crippen molar-refractivity contribution in [1.82, 2.24) is 14.9 Å². The highest BCUT2D eigenvalue weighted by Crippen LogP contribution is 2.31. The van der Waals surface area contributed by atoms with Crippen LogP contribution in [0.4, 0.5) is 13.2 Å². The second-order valence-electron chi connectivity index (χ2n) is 4.64. The first-order valence-corrected chi connectivity index (χ1v) is 6.01. The molecule has 102 valence electrons. The zero-order chi connectivity index (χ0) is 13.6. The Morgan fingerprint density at radius 3 is 2.74 bits per heavy atom. The van der Waals surface area contributed by atoms with E-state index < -0.39 is 11.7 Å². The van der Waals surface area contributed by atoms with Crippen LogP contribution in [-0.2, 0) is 6.18 Å². The molecule has 0 aliphatic carbocycles. The van der Waals surface area contributed by atoms with Gasteiger partial charge in [-0.2, -0.15) is 13.2 Å². The molecule has 0 saturated carbocycles. The summed E-state index contributed by atoms with van der Waals surface area (Å²) < 4.78 is 39.3. The van der Waals surface area contributed by atoms with Crippen molar-refractivity contribution in [2.24, 2.45) is 0 Å². The summed E-state index contributed by atoms with van der Waals surface area (Å²) >= 11 is 0. The van der Waals surface area contributed by atoms with E-state index in [1.807, 2.05) is 0 Å². The first-order valence-electron chi connectivity index (χ1n) is 6.01. The van der Waals surface area contributed by atoms with Gasteiger partial charge < -0.3 is 4.98 Å². The van der Waals surface area contributed by atoms with Crippen LogP contribution in [0.15, 0.2) is 23.0 Å².